The average Bonchev–Trinajstić information content (AvgIpc) is 2.17. The van der Waals surface area contributed by atoms with Crippen molar-refractivity contribution in [1.82, 2.24) is 4.98 Å². The van der Waals surface area contributed by atoms with Gasteiger partial charge in [-0.05, 0) is 19.1 Å². The molecular weight excluding hydrogens is 223 g/mol. The molecule has 0 aliphatic carbocycles. The predicted molar refractivity (Wildman–Crippen MR) is 55.0 cm³/mol. The Balaban J connectivity index is 0.00000196. The summed E-state index contributed by atoms with van der Waals surface area (Å²) in [5, 5.41) is 0. The van der Waals surface area contributed by atoms with Crippen LogP contribution in [0.3, 0.4) is 0 Å². The zero-order valence-electron chi connectivity index (χ0n) is 8.14. The molecule has 84 valence electrons. The predicted octanol–water partition coefficient (Wildman–Crippen LogP) is 1.21. The Kier molecular flexibility index (Phi) is 5.81. The van der Waals surface area contributed by atoms with Gasteiger partial charge in [0.15, 0.2) is 0 Å². The lowest BCUT2D eigenvalue weighted by Gasteiger charge is -2.09. The maximum atomic E-state index is 12.7. The van der Waals surface area contributed by atoms with Crippen LogP contribution in [0.5, 0.6) is 0 Å². The van der Waals surface area contributed by atoms with Gasteiger partial charge in [-0.1, -0.05) is 6.07 Å². The third-order valence-electron chi connectivity index (χ3n) is 1.60. The van der Waals surface area contributed by atoms with Crippen LogP contribution < -0.4 is 5.73 Å². The van der Waals surface area contributed by atoms with Crippen LogP contribution >= 0.6 is 12.4 Å². The highest BCUT2D eigenvalue weighted by Crippen LogP contribution is 2.09. The van der Waals surface area contributed by atoms with Gasteiger partial charge in [-0.15, -0.1) is 12.4 Å². The summed E-state index contributed by atoms with van der Waals surface area (Å²) in [6.07, 6.45) is 0. The molecule has 1 atom stereocenters. The maximum absolute atomic E-state index is 12.7. The minimum atomic E-state index is -1.02. The molecule has 1 aromatic rings. The van der Waals surface area contributed by atoms with Crippen LogP contribution in [0.1, 0.15) is 18.7 Å². The number of pyridine rings is 1. The Bertz CT molecular complexity index is 336. The van der Waals surface area contributed by atoms with E-state index < -0.39 is 18.0 Å². The molecule has 1 unspecified atom stereocenters. The van der Waals surface area contributed by atoms with Crippen molar-refractivity contribution in [2.75, 3.05) is 6.61 Å². The minimum Gasteiger partial charge on any atom is -0.465 e. The fraction of sp³-hybridized carbons (Fsp3) is 0.333. The second-order valence-electron chi connectivity index (χ2n) is 2.61. The Morgan fingerprint density at radius 3 is 2.87 bits per heavy atom. The molecule has 0 radical (unpaired) electrons. The van der Waals surface area contributed by atoms with E-state index in [1.54, 1.807) is 6.92 Å². The molecule has 1 aromatic heterocycles. The van der Waals surface area contributed by atoms with Crippen LogP contribution in [0.25, 0.3) is 0 Å². The van der Waals surface area contributed by atoms with E-state index in [4.69, 9.17) is 5.73 Å². The van der Waals surface area contributed by atoms with E-state index in [0.717, 1.165) is 0 Å². The lowest BCUT2D eigenvalue weighted by Crippen LogP contribution is -2.24. The Morgan fingerprint density at radius 1 is 1.67 bits per heavy atom. The molecule has 0 bridgehead atoms. The number of esters is 1. The summed E-state index contributed by atoms with van der Waals surface area (Å²) in [5.41, 5.74) is 5.66. The molecule has 6 heteroatoms. The lowest BCUT2D eigenvalue weighted by molar-refractivity contribution is -0.144. The van der Waals surface area contributed by atoms with Gasteiger partial charge in [-0.2, -0.15) is 4.39 Å². The van der Waals surface area contributed by atoms with Gasteiger partial charge < -0.3 is 10.5 Å². The van der Waals surface area contributed by atoms with Crippen LogP contribution in [0, 0.1) is 5.95 Å². The molecule has 4 nitrogen and oxygen atoms in total. The Labute approximate surface area is 93.0 Å². The van der Waals surface area contributed by atoms with Crippen molar-refractivity contribution in [2.24, 2.45) is 5.73 Å². The van der Waals surface area contributed by atoms with Crippen molar-refractivity contribution in [1.29, 1.82) is 0 Å². The lowest BCUT2D eigenvalue weighted by atomic mass is 10.2. The molecule has 1 heterocycles. The number of ether oxygens (including phenoxy) is 1. The summed E-state index contributed by atoms with van der Waals surface area (Å²) in [4.78, 5) is 14.6. The van der Waals surface area contributed by atoms with E-state index in [1.165, 1.54) is 18.2 Å². The first kappa shape index (κ1) is 13.8. The smallest absolute Gasteiger partial charge is 0.329 e. The van der Waals surface area contributed by atoms with Crippen LogP contribution in [0.15, 0.2) is 18.2 Å². The number of hydrogen-bond donors (Lipinski definition) is 1. The molecule has 2 N–H and O–H groups in total. The van der Waals surface area contributed by atoms with Gasteiger partial charge in [-0.3, -0.25) is 0 Å². The van der Waals surface area contributed by atoms with E-state index in [-0.39, 0.29) is 24.7 Å². The number of nitrogens with zero attached hydrogens (tertiary/aromatic N) is 1. The first-order valence-electron chi connectivity index (χ1n) is 4.19. The van der Waals surface area contributed by atoms with E-state index in [9.17, 15) is 9.18 Å². The van der Waals surface area contributed by atoms with Crippen LogP contribution in [0.2, 0.25) is 0 Å². The summed E-state index contributed by atoms with van der Waals surface area (Å²) in [5.74, 6) is -1.27. The van der Waals surface area contributed by atoms with Gasteiger partial charge in [-0.25, -0.2) is 9.78 Å². The molecule has 0 aliphatic rings. The van der Waals surface area contributed by atoms with Gasteiger partial charge in [0.25, 0.3) is 0 Å². The van der Waals surface area contributed by atoms with Crippen LogP contribution in [-0.4, -0.2) is 17.6 Å². The topological polar surface area (TPSA) is 65.2 Å². The quantitative estimate of drug-likeness (QED) is 0.631. The van der Waals surface area contributed by atoms with Gasteiger partial charge in [0.05, 0.1) is 12.3 Å². The molecule has 0 saturated carbocycles. The first-order chi connectivity index (χ1) is 6.65. The zero-order chi connectivity index (χ0) is 10.6. The molecule has 15 heavy (non-hydrogen) atoms. The summed E-state index contributed by atoms with van der Waals surface area (Å²) < 4.78 is 17.3. The van der Waals surface area contributed by atoms with Gasteiger partial charge in [0, 0.05) is 0 Å². The van der Waals surface area contributed by atoms with Gasteiger partial charge in [0.2, 0.25) is 5.95 Å². The highest BCUT2D eigenvalue weighted by molar-refractivity contribution is 5.85. The number of aromatic nitrogens is 1. The average molecular weight is 235 g/mol. The second-order valence-corrected chi connectivity index (χ2v) is 2.61. The largest absolute Gasteiger partial charge is 0.465 e. The maximum Gasteiger partial charge on any atom is 0.329 e. The molecule has 0 aliphatic heterocycles. The zero-order valence-corrected chi connectivity index (χ0v) is 8.96. The summed E-state index contributed by atoms with van der Waals surface area (Å²) in [6.45, 7) is 1.91. The van der Waals surface area contributed by atoms with Gasteiger partial charge >= 0.3 is 5.97 Å². The highest BCUT2D eigenvalue weighted by atomic mass is 35.5. The normalized spacial score (nSPS) is 11.4. The summed E-state index contributed by atoms with van der Waals surface area (Å²) >= 11 is 0. The van der Waals surface area contributed by atoms with E-state index in [1.807, 2.05) is 0 Å². The monoisotopic (exact) mass is 234 g/mol. The van der Waals surface area contributed by atoms with E-state index in [2.05, 4.69) is 9.72 Å². The molecule has 0 saturated heterocycles. The third kappa shape index (κ3) is 3.81. The van der Waals surface area contributed by atoms with Crippen molar-refractivity contribution in [3.63, 3.8) is 0 Å². The molecule has 0 aromatic carbocycles. The second kappa shape index (κ2) is 6.31. The van der Waals surface area contributed by atoms with Crippen molar-refractivity contribution >= 4 is 18.4 Å². The van der Waals surface area contributed by atoms with Crippen LogP contribution in [0.4, 0.5) is 4.39 Å². The van der Waals surface area contributed by atoms with Crippen LogP contribution in [-0.2, 0) is 9.53 Å². The number of carbonyl (C=O) groups excluding carboxylic acids is 1. The highest BCUT2D eigenvalue weighted by Gasteiger charge is 2.18. The Morgan fingerprint density at radius 2 is 2.33 bits per heavy atom. The van der Waals surface area contributed by atoms with E-state index in [0.29, 0.717) is 0 Å². The van der Waals surface area contributed by atoms with E-state index >= 15 is 0 Å². The molecule has 0 spiro atoms. The Hall–Kier alpha value is -1.20. The number of hydrogen-bond acceptors (Lipinski definition) is 4. The van der Waals surface area contributed by atoms with Gasteiger partial charge in [0.1, 0.15) is 6.04 Å². The summed E-state index contributed by atoms with van der Waals surface area (Å²) in [7, 11) is 0. The van der Waals surface area contributed by atoms with Crippen molar-refractivity contribution < 1.29 is 13.9 Å². The number of rotatable bonds is 3. The van der Waals surface area contributed by atoms with Crippen molar-refractivity contribution in [3.8, 4) is 0 Å². The number of carbonyl (C=O) groups is 1. The molecule has 0 amide bonds. The fourth-order valence-corrected chi connectivity index (χ4v) is 0.950. The number of nitrogens with two attached hydrogens (primary N) is 1. The minimum absolute atomic E-state index is 0. The third-order valence-corrected chi connectivity index (χ3v) is 1.60. The fourth-order valence-electron chi connectivity index (χ4n) is 0.950. The van der Waals surface area contributed by atoms with Crippen molar-refractivity contribution in [2.45, 2.75) is 13.0 Å². The molecule has 0 fully saturated rings. The molecular formula is C9H12ClFN2O2. The SMILES string of the molecule is CCOC(=O)C(N)c1cccc(F)n1.Cl. The summed E-state index contributed by atoms with van der Waals surface area (Å²) in [6, 6.07) is 3.08. The molecule has 1 rings (SSSR count). The number of halogens is 2. The first-order valence-corrected chi connectivity index (χ1v) is 4.19. The standard InChI is InChI=1S/C9H11FN2O2.ClH/c1-2-14-9(13)8(11)6-4-3-5-7(10)12-6;/h3-5,8H,2,11H2,1H3;1H. The van der Waals surface area contributed by atoms with Crippen molar-refractivity contribution in [3.05, 3.63) is 29.8 Å².